The molecule has 0 heterocycles. The van der Waals surface area contributed by atoms with E-state index in [0.29, 0.717) is 19.4 Å². The van der Waals surface area contributed by atoms with Gasteiger partial charge >= 0.3 is 5.97 Å². The predicted octanol–water partition coefficient (Wildman–Crippen LogP) is 24.5. The van der Waals surface area contributed by atoms with E-state index in [0.717, 1.165) is 44.9 Å². The Morgan fingerprint density at radius 2 is 0.573 bits per heavy atom. The predicted molar refractivity (Wildman–Crippen MR) is 361 cm³/mol. The van der Waals surface area contributed by atoms with E-state index in [1.54, 1.807) is 6.08 Å². The second kappa shape index (κ2) is 71.8. The number of carbonyl (C=O) groups is 2. The summed E-state index contributed by atoms with van der Waals surface area (Å²) in [6.07, 6.45) is 91.5. The number of allylic oxidation sites excluding steroid dienone is 3. The second-order valence-corrected chi connectivity index (χ2v) is 26.0. The summed E-state index contributed by atoms with van der Waals surface area (Å²) in [5, 5.41) is 23.2. The zero-order chi connectivity index (χ0) is 59.2. The van der Waals surface area contributed by atoms with E-state index in [9.17, 15) is 19.8 Å². The van der Waals surface area contributed by atoms with Crippen molar-refractivity contribution in [2.24, 2.45) is 0 Å². The Labute approximate surface area is 513 Å². The molecule has 0 spiro atoms. The molecule has 0 bridgehead atoms. The number of esters is 1. The van der Waals surface area contributed by atoms with Gasteiger partial charge in [-0.05, 0) is 57.8 Å². The molecule has 0 fully saturated rings. The van der Waals surface area contributed by atoms with Crippen molar-refractivity contribution in [3.05, 3.63) is 24.3 Å². The van der Waals surface area contributed by atoms with Gasteiger partial charge in [0, 0.05) is 12.8 Å². The van der Waals surface area contributed by atoms with Crippen LogP contribution in [0.3, 0.4) is 0 Å². The third-order valence-corrected chi connectivity index (χ3v) is 17.7. The molecule has 0 aliphatic rings. The molecule has 0 saturated heterocycles. The minimum Gasteiger partial charge on any atom is -0.466 e. The molecule has 82 heavy (non-hydrogen) atoms. The number of nitrogens with one attached hydrogen (secondary N) is 1. The molecule has 486 valence electrons. The zero-order valence-corrected chi connectivity index (χ0v) is 55.8. The highest BCUT2D eigenvalue weighted by Gasteiger charge is 2.18. The lowest BCUT2D eigenvalue weighted by molar-refractivity contribution is -0.143. The molecule has 1 amide bonds. The van der Waals surface area contributed by atoms with Gasteiger partial charge < -0.3 is 20.3 Å². The van der Waals surface area contributed by atoms with Gasteiger partial charge in [0.2, 0.25) is 5.91 Å². The maximum Gasteiger partial charge on any atom is 0.305 e. The molecule has 0 aromatic carbocycles. The van der Waals surface area contributed by atoms with Crippen LogP contribution in [0.15, 0.2) is 24.3 Å². The molecule has 2 unspecified atom stereocenters. The highest BCUT2D eigenvalue weighted by Crippen LogP contribution is 2.19. The van der Waals surface area contributed by atoms with Crippen molar-refractivity contribution >= 4 is 11.9 Å². The molecule has 0 radical (unpaired) electrons. The number of rotatable bonds is 71. The van der Waals surface area contributed by atoms with E-state index in [1.165, 1.54) is 353 Å². The van der Waals surface area contributed by atoms with Gasteiger partial charge in [-0.15, -0.1) is 0 Å². The van der Waals surface area contributed by atoms with Gasteiger partial charge in [-0.25, -0.2) is 0 Å². The van der Waals surface area contributed by atoms with Crippen molar-refractivity contribution in [1.29, 1.82) is 0 Å². The minimum atomic E-state index is -0.839. The first-order valence-corrected chi connectivity index (χ1v) is 37.6. The van der Waals surface area contributed by atoms with Gasteiger partial charge in [0.05, 0.1) is 25.4 Å². The average molecular weight is 1160 g/mol. The maximum absolute atomic E-state index is 12.5. The maximum atomic E-state index is 12.5. The van der Waals surface area contributed by atoms with Crippen LogP contribution in [0.2, 0.25) is 0 Å². The minimum absolute atomic E-state index is 0.0152. The van der Waals surface area contributed by atoms with Crippen LogP contribution in [0, 0.1) is 0 Å². The number of carbonyl (C=O) groups excluding carboxylic acids is 2. The summed E-state index contributed by atoms with van der Waals surface area (Å²) < 4.78 is 5.49. The summed E-state index contributed by atoms with van der Waals surface area (Å²) in [6.45, 7) is 4.93. The summed E-state index contributed by atoms with van der Waals surface area (Å²) >= 11 is 0. The fourth-order valence-corrected chi connectivity index (χ4v) is 12.0. The van der Waals surface area contributed by atoms with Crippen LogP contribution in [0.4, 0.5) is 0 Å². The van der Waals surface area contributed by atoms with Crippen molar-refractivity contribution in [2.75, 3.05) is 13.2 Å². The number of hydrogen-bond donors (Lipinski definition) is 3. The lowest BCUT2D eigenvalue weighted by Crippen LogP contribution is -2.45. The van der Waals surface area contributed by atoms with Gasteiger partial charge in [-0.1, -0.05) is 378 Å². The number of aliphatic hydroxyl groups is 2. The van der Waals surface area contributed by atoms with Crippen molar-refractivity contribution < 1.29 is 24.5 Å². The summed E-state index contributed by atoms with van der Waals surface area (Å²) in [7, 11) is 0. The smallest absolute Gasteiger partial charge is 0.305 e. The number of aliphatic hydroxyl groups excluding tert-OH is 2. The van der Waals surface area contributed by atoms with Crippen molar-refractivity contribution in [2.45, 2.75) is 437 Å². The second-order valence-electron chi connectivity index (χ2n) is 26.0. The van der Waals surface area contributed by atoms with E-state index in [2.05, 4.69) is 31.3 Å². The summed E-state index contributed by atoms with van der Waals surface area (Å²) in [5.41, 5.74) is 0. The van der Waals surface area contributed by atoms with Crippen molar-refractivity contribution in [3.8, 4) is 0 Å². The Morgan fingerprint density at radius 3 is 0.866 bits per heavy atom. The number of amides is 1. The van der Waals surface area contributed by atoms with Crippen LogP contribution in [0.25, 0.3) is 0 Å². The van der Waals surface area contributed by atoms with E-state index in [1.807, 2.05) is 6.08 Å². The van der Waals surface area contributed by atoms with E-state index in [-0.39, 0.29) is 18.5 Å². The molecule has 0 rings (SSSR count). The van der Waals surface area contributed by atoms with Crippen LogP contribution in [-0.2, 0) is 14.3 Å². The van der Waals surface area contributed by atoms with Gasteiger partial charge in [0.25, 0.3) is 0 Å². The SMILES string of the molecule is CCCCCCC/C=C\CCCCCCCC(=O)OCCCCCCCCCCCCCCCCCCCCCCCCCCCCCCCCCCCCCCCC(=O)NC(CO)C(O)/C=C/CCCCCCCCCCCCCC. The van der Waals surface area contributed by atoms with Crippen LogP contribution in [-0.4, -0.2) is 47.4 Å². The Kier molecular flexibility index (Phi) is 70.4. The number of hydrogen-bond acceptors (Lipinski definition) is 5. The van der Waals surface area contributed by atoms with Crippen molar-refractivity contribution in [1.82, 2.24) is 5.32 Å². The fraction of sp³-hybridized carbons (Fsp3) is 0.921. The summed E-state index contributed by atoms with van der Waals surface area (Å²) in [4.78, 5) is 24.5. The van der Waals surface area contributed by atoms with Gasteiger partial charge in [0.1, 0.15) is 0 Å². The zero-order valence-electron chi connectivity index (χ0n) is 55.8. The van der Waals surface area contributed by atoms with E-state index >= 15 is 0 Å². The monoisotopic (exact) mass is 1150 g/mol. The van der Waals surface area contributed by atoms with E-state index < -0.39 is 12.1 Å². The molecule has 0 aliphatic heterocycles. The Morgan fingerprint density at radius 1 is 0.329 bits per heavy atom. The molecular formula is C76H147NO5. The first kappa shape index (κ1) is 80.3. The Bertz CT molecular complexity index is 1280. The van der Waals surface area contributed by atoms with Crippen LogP contribution < -0.4 is 5.32 Å². The molecule has 2 atom stereocenters. The lowest BCUT2D eigenvalue weighted by Gasteiger charge is -2.20. The van der Waals surface area contributed by atoms with Gasteiger partial charge in [-0.3, -0.25) is 9.59 Å². The molecule has 3 N–H and O–H groups in total. The average Bonchev–Trinajstić information content (AvgIpc) is 3.48. The Hall–Kier alpha value is -1.66. The number of unbranched alkanes of at least 4 members (excludes halogenated alkanes) is 58. The van der Waals surface area contributed by atoms with Crippen molar-refractivity contribution in [3.63, 3.8) is 0 Å². The van der Waals surface area contributed by atoms with E-state index in [4.69, 9.17) is 4.74 Å². The van der Waals surface area contributed by atoms with Crippen LogP contribution in [0.1, 0.15) is 425 Å². The lowest BCUT2D eigenvalue weighted by atomic mass is 10.0. The summed E-state index contributed by atoms with van der Waals surface area (Å²) in [5.74, 6) is -0.0446. The normalized spacial score (nSPS) is 12.6. The largest absolute Gasteiger partial charge is 0.466 e. The molecule has 0 aromatic rings. The molecular weight excluding hydrogens is 1010 g/mol. The van der Waals surface area contributed by atoms with Gasteiger partial charge in [0.15, 0.2) is 0 Å². The molecule has 0 aliphatic carbocycles. The highest BCUT2D eigenvalue weighted by molar-refractivity contribution is 5.76. The standard InChI is InChI=1S/C76H147NO5/c1-3-5-7-9-11-13-15-17-44-48-52-56-60-64-68-74(79)73(72-78)77-75(80)69-65-61-57-53-49-45-42-40-38-36-34-32-30-28-26-24-22-20-19-21-23-25-27-29-31-33-35-37-39-41-43-47-51-55-59-63-67-71-82-76(81)70-66-62-58-54-50-46-18-16-14-12-10-8-6-4-2/h16,18,64,68,73-74,78-79H,3-15,17,19-63,65-67,69-72H2,1-2H3,(H,77,80)/b18-16-,68-64+. The first-order valence-electron chi connectivity index (χ1n) is 37.6. The molecule has 6 nitrogen and oxygen atoms in total. The Balaban J connectivity index is 3.30. The topological polar surface area (TPSA) is 95.9 Å². The molecule has 0 aromatic heterocycles. The quantitative estimate of drug-likeness (QED) is 0.0320. The fourth-order valence-electron chi connectivity index (χ4n) is 12.0. The summed E-state index contributed by atoms with van der Waals surface area (Å²) in [6, 6.07) is -0.622. The van der Waals surface area contributed by atoms with Crippen LogP contribution >= 0.6 is 0 Å². The third-order valence-electron chi connectivity index (χ3n) is 17.7. The van der Waals surface area contributed by atoms with Crippen LogP contribution in [0.5, 0.6) is 0 Å². The first-order chi connectivity index (χ1) is 40.5. The molecule has 6 heteroatoms. The molecule has 0 saturated carbocycles. The highest BCUT2D eigenvalue weighted by atomic mass is 16.5. The third kappa shape index (κ3) is 67.5. The van der Waals surface area contributed by atoms with Gasteiger partial charge in [-0.2, -0.15) is 0 Å². The number of ether oxygens (including phenoxy) is 1.